The normalized spacial score (nSPS) is 11.6. The fourth-order valence-corrected chi connectivity index (χ4v) is 4.39. The fourth-order valence-electron chi connectivity index (χ4n) is 4.03. The molecule has 4 aromatic rings. The molecule has 0 amide bonds. The van der Waals surface area contributed by atoms with E-state index in [1.807, 2.05) is 0 Å². The molecule has 7 nitrogen and oxygen atoms in total. The Kier molecular flexibility index (Phi) is 7.22. The average Bonchev–Trinajstić information content (AvgIpc) is 2.82. The number of ether oxygens (including phenoxy) is 1. The highest BCUT2D eigenvalue weighted by molar-refractivity contribution is 6.31. The number of aliphatic hydroxyl groups is 1. The molecule has 38 heavy (non-hydrogen) atoms. The molecule has 0 atom stereocenters. The van der Waals surface area contributed by atoms with Crippen molar-refractivity contribution in [3.05, 3.63) is 114 Å². The third-order valence-electron chi connectivity index (χ3n) is 5.90. The molecule has 11 heteroatoms. The van der Waals surface area contributed by atoms with Gasteiger partial charge in [-0.05, 0) is 51.5 Å². The van der Waals surface area contributed by atoms with E-state index in [1.54, 1.807) is 19.9 Å². The maximum Gasteiger partial charge on any atom is 0.263 e. The van der Waals surface area contributed by atoms with Crippen LogP contribution in [-0.4, -0.2) is 19.2 Å². The number of pyridine rings is 3. The maximum atomic E-state index is 14.0. The zero-order valence-electron chi connectivity index (χ0n) is 20.9. The third kappa shape index (κ3) is 5.09. The molecule has 0 aliphatic rings. The molecule has 0 radical (unpaired) electrons. The first-order valence-corrected chi connectivity index (χ1v) is 11.8. The lowest BCUT2D eigenvalue weighted by Gasteiger charge is -2.20. The maximum absolute atomic E-state index is 14.0. The molecule has 0 saturated carbocycles. The summed E-state index contributed by atoms with van der Waals surface area (Å²) in [6, 6.07) is 7.57. The van der Waals surface area contributed by atoms with E-state index in [4.69, 9.17) is 16.3 Å². The van der Waals surface area contributed by atoms with Crippen molar-refractivity contribution in [3.63, 3.8) is 0 Å². The molecular formula is C27H23ClF3N3O4. The number of hydrogen-bond donors (Lipinski definition) is 1. The molecule has 4 rings (SSSR count). The van der Waals surface area contributed by atoms with Crippen LogP contribution in [0.25, 0.3) is 11.5 Å². The number of rotatable bonds is 6. The van der Waals surface area contributed by atoms with E-state index in [2.05, 4.69) is 4.98 Å². The minimum absolute atomic E-state index is 0.00193. The van der Waals surface area contributed by atoms with Gasteiger partial charge in [0, 0.05) is 41.9 Å². The van der Waals surface area contributed by atoms with E-state index in [0.717, 1.165) is 12.1 Å². The zero-order chi connectivity index (χ0) is 27.9. The van der Waals surface area contributed by atoms with E-state index in [1.165, 1.54) is 53.6 Å². The van der Waals surface area contributed by atoms with E-state index in [0.29, 0.717) is 16.9 Å². The molecule has 0 aliphatic heterocycles. The van der Waals surface area contributed by atoms with Crippen LogP contribution in [0.4, 0.5) is 13.2 Å². The summed E-state index contributed by atoms with van der Waals surface area (Å²) in [6.45, 7) is 5.85. The number of hydrogen-bond acceptors (Lipinski definition) is 5. The Morgan fingerprint density at radius 2 is 1.76 bits per heavy atom. The van der Waals surface area contributed by atoms with Gasteiger partial charge in [0.15, 0.2) is 17.5 Å². The Balaban J connectivity index is 1.72. The van der Waals surface area contributed by atoms with Gasteiger partial charge in [-0.2, -0.15) is 0 Å². The Labute approximate surface area is 220 Å². The fraction of sp³-hybridized carbons (Fsp3) is 0.222. The molecule has 1 aromatic carbocycles. The van der Waals surface area contributed by atoms with Gasteiger partial charge in [-0.15, -0.1) is 0 Å². The van der Waals surface area contributed by atoms with Crippen molar-refractivity contribution in [2.45, 2.75) is 39.9 Å². The smallest absolute Gasteiger partial charge is 0.263 e. The molecule has 198 valence electrons. The van der Waals surface area contributed by atoms with Gasteiger partial charge in [-0.1, -0.05) is 11.6 Å². The summed E-state index contributed by atoms with van der Waals surface area (Å²) in [4.78, 5) is 30.5. The second-order valence-corrected chi connectivity index (χ2v) is 9.64. The predicted octanol–water partition coefficient (Wildman–Crippen LogP) is 4.88. The van der Waals surface area contributed by atoms with Gasteiger partial charge in [0.2, 0.25) is 0 Å². The molecule has 0 aliphatic carbocycles. The van der Waals surface area contributed by atoms with Crippen molar-refractivity contribution in [1.82, 2.24) is 14.1 Å². The van der Waals surface area contributed by atoms with E-state index in [9.17, 15) is 27.9 Å². The number of nitrogens with zero attached hydrogens (tertiary/aromatic N) is 3. The topological polar surface area (TPSA) is 86.3 Å². The summed E-state index contributed by atoms with van der Waals surface area (Å²) in [6.07, 6.45) is 2.92. The third-order valence-corrected chi connectivity index (χ3v) is 6.22. The molecule has 0 spiro atoms. The number of aromatic nitrogens is 3. The predicted molar refractivity (Wildman–Crippen MR) is 136 cm³/mol. The van der Waals surface area contributed by atoms with Crippen LogP contribution >= 0.6 is 11.6 Å². The van der Waals surface area contributed by atoms with Crippen LogP contribution < -0.4 is 15.9 Å². The van der Waals surface area contributed by atoms with Crippen LogP contribution in [0.15, 0.2) is 58.4 Å². The van der Waals surface area contributed by atoms with E-state index in [-0.39, 0.29) is 27.7 Å². The van der Waals surface area contributed by atoms with E-state index < -0.39 is 40.8 Å². The van der Waals surface area contributed by atoms with Crippen LogP contribution in [-0.2, 0) is 12.2 Å². The lowest BCUT2D eigenvalue weighted by atomic mass is 10.00. The number of benzene rings is 1. The largest absolute Gasteiger partial charge is 0.489 e. The van der Waals surface area contributed by atoms with Crippen molar-refractivity contribution in [2.75, 3.05) is 0 Å². The molecular weight excluding hydrogens is 523 g/mol. The van der Waals surface area contributed by atoms with Gasteiger partial charge < -0.3 is 9.84 Å². The lowest BCUT2D eigenvalue weighted by molar-refractivity contribution is 0.0769. The van der Waals surface area contributed by atoms with Crippen molar-refractivity contribution in [1.29, 1.82) is 0 Å². The average molecular weight is 546 g/mol. The summed E-state index contributed by atoms with van der Waals surface area (Å²) in [5.41, 5.74) is -1.27. The van der Waals surface area contributed by atoms with Crippen molar-refractivity contribution >= 4 is 11.6 Å². The van der Waals surface area contributed by atoms with Crippen molar-refractivity contribution in [3.8, 4) is 17.3 Å². The van der Waals surface area contributed by atoms with Crippen LogP contribution in [0.5, 0.6) is 5.75 Å². The van der Waals surface area contributed by atoms with E-state index >= 15 is 0 Å². The Hall–Kier alpha value is -3.89. The van der Waals surface area contributed by atoms with Gasteiger partial charge in [-0.3, -0.25) is 18.7 Å². The summed E-state index contributed by atoms with van der Waals surface area (Å²) in [5, 5.41) is 10.5. The second-order valence-electron chi connectivity index (χ2n) is 9.23. The lowest BCUT2D eigenvalue weighted by Crippen LogP contribution is -2.32. The van der Waals surface area contributed by atoms with Crippen LogP contribution in [0.2, 0.25) is 5.02 Å². The first-order valence-electron chi connectivity index (χ1n) is 11.4. The Morgan fingerprint density at radius 3 is 2.42 bits per heavy atom. The molecule has 0 fully saturated rings. The van der Waals surface area contributed by atoms with Crippen LogP contribution in [0, 0.1) is 31.3 Å². The minimum atomic E-state index is -1.60. The quantitative estimate of drug-likeness (QED) is 0.349. The SMILES string of the molecule is Cc1cnc(-n2ccc(Cl)c(C(C)(C)O)c2=O)cc1-n1c(C)cc(OCc2ccc(F)c(F)c2F)cc1=O. The Morgan fingerprint density at radius 1 is 1.05 bits per heavy atom. The minimum Gasteiger partial charge on any atom is -0.489 e. The van der Waals surface area contributed by atoms with Gasteiger partial charge in [-0.25, -0.2) is 18.2 Å². The van der Waals surface area contributed by atoms with Gasteiger partial charge >= 0.3 is 0 Å². The van der Waals surface area contributed by atoms with Gasteiger partial charge in [0.25, 0.3) is 11.1 Å². The summed E-state index contributed by atoms with van der Waals surface area (Å²) < 4.78 is 48.7. The molecule has 3 aromatic heterocycles. The number of halogens is 4. The van der Waals surface area contributed by atoms with Gasteiger partial charge in [0.05, 0.1) is 21.9 Å². The van der Waals surface area contributed by atoms with Crippen molar-refractivity contribution in [2.24, 2.45) is 0 Å². The van der Waals surface area contributed by atoms with Crippen molar-refractivity contribution < 1.29 is 23.0 Å². The van der Waals surface area contributed by atoms with Crippen LogP contribution in [0.3, 0.4) is 0 Å². The first-order chi connectivity index (χ1) is 17.8. The van der Waals surface area contributed by atoms with Gasteiger partial charge in [0.1, 0.15) is 18.2 Å². The summed E-state index contributed by atoms with van der Waals surface area (Å²) in [5.74, 6) is -3.98. The monoisotopic (exact) mass is 545 g/mol. The Bertz CT molecular complexity index is 1680. The highest BCUT2D eigenvalue weighted by atomic mass is 35.5. The molecule has 1 N–H and O–H groups in total. The molecule has 3 heterocycles. The second kappa shape index (κ2) is 10.1. The summed E-state index contributed by atoms with van der Waals surface area (Å²) >= 11 is 6.16. The summed E-state index contributed by atoms with van der Waals surface area (Å²) in [7, 11) is 0. The molecule has 0 unspecified atom stereocenters. The highest BCUT2D eigenvalue weighted by Crippen LogP contribution is 2.25. The zero-order valence-corrected chi connectivity index (χ0v) is 21.6. The highest BCUT2D eigenvalue weighted by Gasteiger charge is 2.25. The standard InChI is InChI=1S/C27H23ClF3N3O4/c1-14-12-32-21(33-8-7-18(28)23(26(33)36)27(3,4)37)11-20(14)34-15(2)9-17(10-22(34)35)38-13-16-5-6-19(29)25(31)24(16)30/h5-12,37H,13H2,1-4H3. The molecule has 0 bridgehead atoms. The first kappa shape index (κ1) is 27.2. The van der Waals surface area contributed by atoms with Crippen LogP contribution in [0.1, 0.15) is 36.2 Å². The number of aryl methyl sites for hydroxylation is 2. The molecule has 0 saturated heterocycles.